The van der Waals surface area contributed by atoms with E-state index in [4.69, 9.17) is 28.4 Å². The van der Waals surface area contributed by atoms with E-state index in [0.29, 0.717) is 51.8 Å². The first-order valence-electron chi connectivity index (χ1n) is 7.49. The molecular weight excluding hydrogens is 264 g/mol. The molecule has 0 aromatic heterocycles. The van der Waals surface area contributed by atoms with E-state index in [1.165, 1.54) is 12.8 Å². The molecule has 0 bridgehead atoms. The van der Waals surface area contributed by atoms with Crippen LogP contribution in [-0.2, 0) is 28.4 Å². The maximum absolute atomic E-state index is 5.31. The largest absolute Gasteiger partial charge is 0.381 e. The molecule has 3 heterocycles. The zero-order valence-electron chi connectivity index (χ0n) is 12.1. The number of hydrogen-bond donors (Lipinski definition) is 0. The van der Waals surface area contributed by atoms with Gasteiger partial charge < -0.3 is 28.4 Å². The molecule has 2 unspecified atom stereocenters. The Balaban J connectivity index is 0.000000247. The van der Waals surface area contributed by atoms with Crippen LogP contribution in [0.1, 0.15) is 12.8 Å². The molecule has 20 heavy (non-hydrogen) atoms. The minimum atomic E-state index is 0.340. The van der Waals surface area contributed by atoms with Crippen molar-refractivity contribution >= 4 is 0 Å². The van der Waals surface area contributed by atoms with Crippen LogP contribution in [0.2, 0.25) is 0 Å². The van der Waals surface area contributed by atoms with Crippen LogP contribution in [0.4, 0.5) is 0 Å². The summed E-state index contributed by atoms with van der Waals surface area (Å²) < 4.78 is 30.9. The SMILES string of the molecule is C(COCC1CO1)OCCOCC1CO1.C1CCOC1. The molecule has 118 valence electrons. The van der Waals surface area contributed by atoms with E-state index in [-0.39, 0.29) is 0 Å². The zero-order chi connectivity index (χ0) is 13.9. The fourth-order valence-corrected chi connectivity index (χ4v) is 1.61. The van der Waals surface area contributed by atoms with Gasteiger partial charge in [0, 0.05) is 13.2 Å². The highest BCUT2D eigenvalue weighted by molar-refractivity contribution is 4.67. The van der Waals surface area contributed by atoms with Gasteiger partial charge in [-0.1, -0.05) is 0 Å². The predicted octanol–water partition coefficient (Wildman–Crippen LogP) is 0.631. The molecule has 3 aliphatic rings. The van der Waals surface area contributed by atoms with Crippen LogP contribution < -0.4 is 0 Å². The minimum Gasteiger partial charge on any atom is -0.381 e. The lowest BCUT2D eigenvalue weighted by Gasteiger charge is -2.05. The number of rotatable bonds is 10. The van der Waals surface area contributed by atoms with Crippen molar-refractivity contribution in [1.29, 1.82) is 0 Å². The average Bonchev–Trinajstić information content (AvgIpc) is 3.40. The standard InChI is InChI=1S/C10H18O5.C4H8O/c1(3-12-5-9-7-14-9)11-2-4-13-6-10-8-15-10;1-2-4-5-3-1/h9-10H,1-8H2;1-4H2. The monoisotopic (exact) mass is 290 g/mol. The quantitative estimate of drug-likeness (QED) is 0.434. The number of hydrogen-bond acceptors (Lipinski definition) is 6. The normalized spacial score (nSPS) is 27.0. The van der Waals surface area contributed by atoms with Crippen LogP contribution in [0.3, 0.4) is 0 Å². The molecule has 0 aliphatic carbocycles. The third-order valence-corrected chi connectivity index (χ3v) is 2.98. The highest BCUT2D eigenvalue weighted by Crippen LogP contribution is 2.08. The highest BCUT2D eigenvalue weighted by Gasteiger charge is 2.22. The van der Waals surface area contributed by atoms with Gasteiger partial charge >= 0.3 is 0 Å². The Morgan fingerprint density at radius 3 is 1.50 bits per heavy atom. The van der Waals surface area contributed by atoms with E-state index in [1.54, 1.807) is 0 Å². The van der Waals surface area contributed by atoms with Gasteiger partial charge in [-0.15, -0.1) is 0 Å². The third-order valence-electron chi connectivity index (χ3n) is 2.98. The fraction of sp³-hybridized carbons (Fsp3) is 1.00. The summed E-state index contributed by atoms with van der Waals surface area (Å²) in [5, 5.41) is 0. The Morgan fingerprint density at radius 2 is 1.15 bits per heavy atom. The van der Waals surface area contributed by atoms with Gasteiger partial charge in [-0.05, 0) is 12.8 Å². The summed E-state index contributed by atoms with van der Waals surface area (Å²) in [7, 11) is 0. The van der Waals surface area contributed by atoms with Gasteiger partial charge in [0.2, 0.25) is 0 Å². The number of epoxide rings is 2. The fourth-order valence-electron chi connectivity index (χ4n) is 1.61. The van der Waals surface area contributed by atoms with Crippen LogP contribution in [-0.4, -0.2) is 78.3 Å². The van der Waals surface area contributed by atoms with Crippen molar-refractivity contribution < 1.29 is 28.4 Å². The summed E-state index contributed by atoms with van der Waals surface area (Å²) in [6.07, 6.45) is 3.23. The van der Waals surface area contributed by atoms with Crippen LogP contribution in [0.25, 0.3) is 0 Å². The molecule has 6 heteroatoms. The Hall–Kier alpha value is -0.240. The van der Waals surface area contributed by atoms with Crippen molar-refractivity contribution in [2.24, 2.45) is 0 Å². The van der Waals surface area contributed by atoms with Crippen LogP contribution >= 0.6 is 0 Å². The lowest BCUT2D eigenvalue weighted by molar-refractivity contribution is 0.00937. The maximum Gasteiger partial charge on any atom is 0.104 e. The summed E-state index contributed by atoms with van der Waals surface area (Å²) >= 11 is 0. The van der Waals surface area contributed by atoms with Gasteiger partial charge in [-0.3, -0.25) is 0 Å². The first-order chi connectivity index (χ1) is 9.95. The molecule has 0 amide bonds. The lowest BCUT2D eigenvalue weighted by Crippen LogP contribution is -2.12. The van der Waals surface area contributed by atoms with E-state index >= 15 is 0 Å². The molecule has 3 fully saturated rings. The molecule has 0 spiro atoms. The number of ether oxygens (including phenoxy) is 6. The minimum absolute atomic E-state index is 0.340. The van der Waals surface area contributed by atoms with E-state index in [0.717, 1.165) is 26.4 Å². The molecule has 0 radical (unpaired) electrons. The molecule has 3 aliphatic heterocycles. The van der Waals surface area contributed by atoms with Gasteiger partial charge in [0.05, 0.1) is 52.9 Å². The van der Waals surface area contributed by atoms with Crippen molar-refractivity contribution in [2.45, 2.75) is 25.0 Å². The van der Waals surface area contributed by atoms with Crippen LogP contribution in [0.5, 0.6) is 0 Å². The van der Waals surface area contributed by atoms with Gasteiger partial charge in [0.1, 0.15) is 12.2 Å². The molecule has 0 aromatic carbocycles. The Kier molecular flexibility index (Phi) is 8.46. The molecule has 0 N–H and O–H groups in total. The summed E-state index contributed by atoms with van der Waals surface area (Å²) in [6.45, 7) is 7.58. The second-order valence-electron chi connectivity index (χ2n) is 4.99. The van der Waals surface area contributed by atoms with Crippen molar-refractivity contribution in [3.63, 3.8) is 0 Å². The first-order valence-corrected chi connectivity index (χ1v) is 7.49. The molecule has 0 saturated carbocycles. The maximum atomic E-state index is 5.31. The molecule has 0 aromatic rings. The van der Waals surface area contributed by atoms with Crippen molar-refractivity contribution in [3.8, 4) is 0 Å². The topological polar surface area (TPSA) is 62.0 Å². The zero-order valence-corrected chi connectivity index (χ0v) is 12.1. The second kappa shape index (κ2) is 10.5. The predicted molar refractivity (Wildman–Crippen MR) is 72.0 cm³/mol. The van der Waals surface area contributed by atoms with E-state index in [9.17, 15) is 0 Å². The summed E-state index contributed by atoms with van der Waals surface area (Å²) in [4.78, 5) is 0. The highest BCUT2D eigenvalue weighted by atomic mass is 16.6. The second-order valence-corrected chi connectivity index (χ2v) is 4.99. The summed E-state index contributed by atoms with van der Waals surface area (Å²) in [5.74, 6) is 0. The Morgan fingerprint density at radius 1 is 0.700 bits per heavy atom. The molecule has 2 atom stereocenters. The van der Waals surface area contributed by atoms with E-state index < -0.39 is 0 Å². The van der Waals surface area contributed by atoms with Crippen LogP contribution in [0, 0.1) is 0 Å². The van der Waals surface area contributed by atoms with E-state index in [2.05, 4.69) is 0 Å². The van der Waals surface area contributed by atoms with Gasteiger partial charge in [0.25, 0.3) is 0 Å². The lowest BCUT2D eigenvalue weighted by atomic mass is 10.4. The smallest absolute Gasteiger partial charge is 0.104 e. The van der Waals surface area contributed by atoms with E-state index in [1.807, 2.05) is 0 Å². The van der Waals surface area contributed by atoms with Crippen molar-refractivity contribution in [2.75, 3.05) is 66.1 Å². The average molecular weight is 290 g/mol. The third kappa shape index (κ3) is 9.63. The van der Waals surface area contributed by atoms with Gasteiger partial charge in [-0.25, -0.2) is 0 Å². The first kappa shape index (κ1) is 16.1. The van der Waals surface area contributed by atoms with Crippen LogP contribution in [0.15, 0.2) is 0 Å². The molecular formula is C14H26O6. The Labute approximate surface area is 120 Å². The summed E-state index contributed by atoms with van der Waals surface area (Å²) in [5.41, 5.74) is 0. The van der Waals surface area contributed by atoms with Gasteiger partial charge in [-0.2, -0.15) is 0 Å². The summed E-state index contributed by atoms with van der Waals surface area (Å²) in [6, 6.07) is 0. The molecule has 6 nitrogen and oxygen atoms in total. The van der Waals surface area contributed by atoms with Gasteiger partial charge in [0.15, 0.2) is 0 Å². The molecule has 3 saturated heterocycles. The van der Waals surface area contributed by atoms with Crippen molar-refractivity contribution in [3.05, 3.63) is 0 Å². The Bertz CT molecular complexity index is 200. The molecule has 3 rings (SSSR count). The van der Waals surface area contributed by atoms with Crippen molar-refractivity contribution in [1.82, 2.24) is 0 Å².